The van der Waals surface area contributed by atoms with Crippen LogP contribution >= 0.6 is 0 Å². The molecule has 3 amide bonds. The highest BCUT2D eigenvalue weighted by atomic mass is 16.2. The van der Waals surface area contributed by atoms with Crippen molar-refractivity contribution in [1.82, 2.24) is 25.7 Å². The first kappa shape index (κ1) is 19.1. The van der Waals surface area contributed by atoms with Crippen molar-refractivity contribution >= 4 is 28.6 Å². The third-order valence-electron chi connectivity index (χ3n) is 3.59. The van der Waals surface area contributed by atoms with Crippen molar-refractivity contribution in [1.29, 1.82) is 0 Å². The molecule has 0 spiro atoms. The van der Waals surface area contributed by atoms with Gasteiger partial charge in [-0.05, 0) is 26.0 Å². The number of para-hydroxylation sites is 1. The molecule has 3 N–H and O–H groups in total. The van der Waals surface area contributed by atoms with Crippen molar-refractivity contribution in [3.05, 3.63) is 40.4 Å². The van der Waals surface area contributed by atoms with Crippen LogP contribution in [0.4, 0.5) is 0 Å². The van der Waals surface area contributed by atoms with Crippen LogP contribution in [0.3, 0.4) is 0 Å². The van der Waals surface area contributed by atoms with Gasteiger partial charge in [0.1, 0.15) is 5.82 Å². The van der Waals surface area contributed by atoms with Crippen molar-refractivity contribution in [3.8, 4) is 0 Å². The molecule has 2 rings (SSSR count). The molecule has 138 valence electrons. The van der Waals surface area contributed by atoms with Gasteiger partial charge < -0.3 is 5.32 Å². The maximum Gasteiger partial charge on any atom is 0.327 e. The fourth-order valence-corrected chi connectivity index (χ4v) is 2.29. The third kappa shape index (κ3) is 4.65. The van der Waals surface area contributed by atoms with Crippen molar-refractivity contribution in [2.45, 2.75) is 32.7 Å². The molecule has 0 atom stereocenters. The number of benzene rings is 1. The normalized spacial score (nSPS) is 10.6. The molecule has 0 saturated heterocycles. The molecule has 0 bridgehead atoms. The highest BCUT2D eigenvalue weighted by Crippen LogP contribution is 2.08. The number of hydrogen-bond donors (Lipinski definition) is 3. The van der Waals surface area contributed by atoms with E-state index in [4.69, 9.17) is 0 Å². The van der Waals surface area contributed by atoms with E-state index in [2.05, 4.69) is 15.7 Å². The molecule has 9 nitrogen and oxygen atoms in total. The molecule has 1 heterocycles. The first-order valence-electron chi connectivity index (χ1n) is 8.14. The topological polar surface area (TPSA) is 122 Å². The zero-order valence-corrected chi connectivity index (χ0v) is 14.8. The predicted molar refractivity (Wildman–Crippen MR) is 94.9 cm³/mol. The van der Waals surface area contributed by atoms with Gasteiger partial charge in [-0.3, -0.25) is 34.6 Å². The van der Waals surface area contributed by atoms with Crippen LogP contribution in [0.2, 0.25) is 0 Å². The zero-order chi connectivity index (χ0) is 19.3. The predicted octanol–water partition coefficient (Wildman–Crippen LogP) is -0.462. The fraction of sp³-hybridized carbons (Fsp3) is 0.353. The second-order valence-electron chi connectivity index (χ2n) is 6.04. The number of hydrogen-bond acceptors (Lipinski definition) is 5. The van der Waals surface area contributed by atoms with Crippen molar-refractivity contribution in [3.63, 3.8) is 0 Å². The summed E-state index contributed by atoms with van der Waals surface area (Å²) in [5.41, 5.74) is 4.57. The quantitative estimate of drug-likeness (QED) is 0.504. The molecule has 2 aromatic rings. The van der Waals surface area contributed by atoms with Crippen molar-refractivity contribution in [2.24, 2.45) is 7.05 Å². The highest BCUT2D eigenvalue weighted by Gasteiger charge is 2.15. The van der Waals surface area contributed by atoms with Gasteiger partial charge in [0.15, 0.2) is 0 Å². The largest absolute Gasteiger partial charge is 0.346 e. The monoisotopic (exact) mass is 359 g/mol. The number of carbonyl (C=O) groups is 3. The van der Waals surface area contributed by atoms with E-state index in [0.717, 1.165) is 0 Å². The number of rotatable bonds is 4. The van der Waals surface area contributed by atoms with E-state index in [0.29, 0.717) is 16.7 Å². The minimum absolute atomic E-state index is 0.00923. The molecule has 0 radical (unpaired) electrons. The van der Waals surface area contributed by atoms with Gasteiger partial charge in [-0.25, -0.2) is 4.98 Å². The number of fused-ring (bicyclic) bond motifs is 1. The van der Waals surface area contributed by atoms with Gasteiger partial charge in [0.05, 0.1) is 10.9 Å². The number of nitrogens with zero attached hydrogens (tertiary/aromatic N) is 2. The Morgan fingerprint density at radius 1 is 1.12 bits per heavy atom. The van der Waals surface area contributed by atoms with Gasteiger partial charge >= 0.3 is 11.8 Å². The second kappa shape index (κ2) is 8.24. The van der Waals surface area contributed by atoms with E-state index in [1.807, 2.05) is 5.43 Å². The molecule has 0 saturated carbocycles. The van der Waals surface area contributed by atoms with E-state index in [1.165, 1.54) is 4.57 Å². The Balaban J connectivity index is 1.95. The Bertz CT molecular complexity index is 904. The van der Waals surface area contributed by atoms with E-state index in [9.17, 15) is 19.2 Å². The molecule has 0 aliphatic carbocycles. The summed E-state index contributed by atoms with van der Waals surface area (Å²) < 4.78 is 1.39. The minimum atomic E-state index is -0.955. The van der Waals surface area contributed by atoms with Gasteiger partial charge in [-0.2, -0.15) is 0 Å². The van der Waals surface area contributed by atoms with Crippen LogP contribution in [0.5, 0.6) is 0 Å². The van der Waals surface area contributed by atoms with E-state index >= 15 is 0 Å². The Morgan fingerprint density at radius 3 is 2.50 bits per heavy atom. The first-order valence-corrected chi connectivity index (χ1v) is 8.14. The number of aromatic nitrogens is 2. The number of amides is 3. The lowest BCUT2D eigenvalue weighted by molar-refractivity contribution is -0.141. The molecular formula is C17H21N5O4. The van der Waals surface area contributed by atoms with E-state index in [-0.39, 0.29) is 24.4 Å². The second-order valence-corrected chi connectivity index (χ2v) is 6.04. The molecule has 0 aliphatic heterocycles. The Labute approximate surface area is 149 Å². The lowest BCUT2D eigenvalue weighted by Crippen LogP contribution is -2.49. The maximum atomic E-state index is 12.3. The zero-order valence-electron chi connectivity index (χ0n) is 14.8. The molecule has 9 heteroatoms. The molecule has 1 aromatic heterocycles. The van der Waals surface area contributed by atoms with Crippen LogP contribution in [0, 0.1) is 0 Å². The van der Waals surface area contributed by atoms with Gasteiger partial charge in [-0.1, -0.05) is 12.1 Å². The molecule has 0 unspecified atom stereocenters. The van der Waals surface area contributed by atoms with E-state index < -0.39 is 17.7 Å². The summed E-state index contributed by atoms with van der Waals surface area (Å²) in [7, 11) is 1.59. The average Bonchev–Trinajstić information content (AvgIpc) is 2.60. The first-order chi connectivity index (χ1) is 12.3. The van der Waals surface area contributed by atoms with Gasteiger partial charge in [0.2, 0.25) is 5.91 Å². The van der Waals surface area contributed by atoms with E-state index in [1.54, 1.807) is 45.2 Å². The minimum Gasteiger partial charge on any atom is -0.346 e. The number of hydrazine groups is 1. The lowest BCUT2D eigenvalue weighted by atomic mass is 10.2. The van der Waals surface area contributed by atoms with Crippen LogP contribution in [0.25, 0.3) is 10.9 Å². The van der Waals surface area contributed by atoms with Gasteiger partial charge in [0.25, 0.3) is 5.56 Å². The van der Waals surface area contributed by atoms with Crippen molar-refractivity contribution in [2.75, 3.05) is 0 Å². The molecule has 0 fully saturated rings. The summed E-state index contributed by atoms with van der Waals surface area (Å²) >= 11 is 0. The SMILES string of the molecule is CC(C)NC(=O)C(=O)NNC(=O)CCc1nc2ccccc2c(=O)n1C. The van der Waals surface area contributed by atoms with Crippen molar-refractivity contribution < 1.29 is 14.4 Å². The summed E-state index contributed by atoms with van der Waals surface area (Å²) in [5, 5.41) is 2.91. The summed E-state index contributed by atoms with van der Waals surface area (Å²) in [5.74, 6) is -1.84. The standard InChI is InChI=1S/C17H21N5O4/c1-10(2)18-15(24)16(25)21-20-14(23)9-8-13-19-12-7-5-4-6-11(12)17(26)22(13)3/h4-7,10H,8-9H2,1-3H3,(H,18,24)(H,20,23)(H,21,25). The van der Waals surface area contributed by atoms with Crippen LogP contribution in [-0.2, 0) is 27.9 Å². The fourth-order valence-electron chi connectivity index (χ4n) is 2.29. The Morgan fingerprint density at radius 2 is 1.81 bits per heavy atom. The Hall–Kier alpha value is -3.23. The molecule has 26 heavy (non-hydrogen) atoms. The number of aryl methyl sites for hydroxylation is 1. The Kier molecular flexibility index (Phi) is 6.05. The lowest BCUT2D eigenvalue weighted by Gasteiger charge is -2.11. The average molecular weight is 359 g/mol. The summed E-state index contributed by atoms with van der Waals surface area (Å²) in [6.07, 6.45) is 0.196. The van der Waals surface area contributed by atoms with Gasteiger partial charge in [0, 0.05) is 25.9 Å². The number of carbonyl (C=O) groups excluding carboxylic acids is 3. The van der Waals surface area contributed by atoms with Crippen LogP contribution < -0.4 is 21.7 Å². The summed E-state index contributed by atoms with van der Waals surface area (Å²) in [6.45, 7) is 3.43. The van der Waals surface area contributed by atoms with Crippen LogP contribution in [0.1, 0.15) is 26.1 Å². The smallest absolute Gasteiger partial charge is 0.327 e. The molecule has 0 aliphatic rings. The summed E-state index contributed by atoms with van der Waals surface area (Å²) in [6, 6.07) is 6.77. The number of nitrogens with one attached hydrogen (secondary N) is 3. The highest BCUT2D eigenvalue weighted by molar-refractivity contribution is 6.35. The van der Waals surface area contributed by atoms with Crippen LogP contribution in [0.15, 0.2) is 29.1 Å². The maximum absolute atomic E-state index is 12.3. The molecular weight excluding hydrogens is 338 g/mol. The third-order valence-corrected chi connectivity index (χ3v) is 3.59. The van der Waals surface area contributed by atoms with Crippen LogP contribution in [-0.4, -0.2) is 33.3 Å². The summed E-state index contributed by atoms with van der Waals surface area (Å²) in [4.78, 5) is 51.5. The molecule has 1 aromatic carbocycles. The van der Waals surface area contributed by atoms with Gasteiger partial charge in [-0.15, -0.1) is 0 Å².